The molecule has 1 aromatic carbocycles. The van der Waals surface area contributed by atoms with Crippen molar-refractivity contribution in [3.63, 3.8) is 0 Å². The summed E-state index contributed by atoms with van der Waals surface area (Å²) in [7, 11) is 4.95. The maximum absolute atomic E-state index is 13.0. The minimum absolute atomic E-state index is 0.0804. The van der Waals surface area contributed by atoms with Gasteiger partial charge in [0.1, 0.15) is 25.5 Å². The van der Waals surface area contributed by atoms with Crippen molar-refractivity contribution in [2.45, 2.75) is 122 Å². The van der Waals surface area contributed by atoms with Crippen molar-refractivity contribution >= 4 is 30.9 Å². The first-order chi connectivity index (χ1) is 24.8. The molecule has 298 valence electrons. The molecule has 1 aromatic heterocycles. The number of likely N-dealkylation sites (N-methyl/N-ethyl adjacent to an activating group) is 2. The van der Waals surface area contributed by atoms with Crippen molar-refractivity contribution in [1.29, 1.82) is 0 Å². The Kier molecular flexibility index (Phi) is 22.4. The number of nitrogens with zero attached hydrogens (tertiary/aromatic N) is 2. The van der Waals surface area contributed by atoms with E-state index < -0.39 is 39.3 Å². The van der Waals surface area contributed by atoms with Crippen LogP contribution in [-0.4, -0.2) is 101 Å². The number of aromatic nitrogens is 1. The Hall–Kier alpha value is -2.47. The Morgan fingerprint density at radius 2 is 1.46 bits per heavy atom. The minimum Gasteiger partial charge on any atom is -0.756 e. The molecule has 2 rings (SSSR count). The number of hydrogen-bond donors (Lipinski definition) is 1. The third-order valence-electron chi connectivity index (χ3n) is 8.88. The van der Waals surface area contributed by atoms with Gasteiger partial charge in [-0.2, -0.15) is 0 Å². The van der Waals surface area contributed by atoms with Crippen LogP contribution in [0.25, 0.3) is 10.9 Å². The third kappa shape index (κ3) is 21.3. The summed E-state index contributed by atoms with van der Waals surface area (Å²) in [5, 5.41) is 0.749. The normalized spacial score (nSPS) is 13.7. The number of ether oxygens (including phenoxy) is 3. The highest BCUT2D eigenvalue weighted by Gasteiger charge is 2.24. The van der Waals surface area contributed by atoms with Crippen LogP contribution >= 0.6 is 7.82 Å². The molecule has 2 aromatic rings. The number of carbonyl (C=O) groups excluding carboxylic acids is 2. The summed E-state index contributed by atoms with van der Waals surface area (Å²) in [5.41, 5.74) is 1.77. The molecule has 12 nitrogen and oxygen atoms in total. The van der Waals surface area contributed by atoms with Gasteiger partial charge in [-0.25, -0.2) is 4.79 Å². The largest absolute Gasteiger partial charge is 0.756 e. The van der Waals surface area contributed by atoms with Gasteiger partial charge in [-0.1, -0.05) is 103 Å². The Morgan fingerprint density at radius 1 is 0.865 bits per heavy atom. The summed E-state index contributed by atoms with van der Waals surface area (Å²) in [6.45, 7) is 2.40. The molecule has 0 bridgehead atoms. The number of hydrogen-bond acceptors (Lipinski definition) is 10. The van der Waals surface area contributed by atoms with E-state index in [0.29, 0.717) is 23.2 Å². The number of fused-ring (bicyclic) bond motifs is 1. The average molecular weight is 754 g/mol. The molecule has 0 aliphatic carbocycles. The van der Waals surface area contributed by atoms with Crippen LogP contribution in [0, 0.1) is 0 Å². The zero-order valence-corrected chi connectivity index (χ0v) is 33.9. The second kappa shape index (κ2) is 25.5. The van der Waals surface area contributed by atoms with Crippen molar-refractivity contribution < 1.29 is 46.8 Å². The van der Waals surface area contributed by atoms with Crippen molar-refractivity contribution in [3.8, 4) is 5.75 Å². The van der Waals surface area contributed by atoms with E-state index in [4.69, 9.17) is 23.3 Å². The number of unbranched alkanes of at least 4 members (excludes halogenated alkanes) is 14. The van der Waals surface area contributed by atoms with E-state index in [1.54, 1.807) is 12.1 Å². The Labute approximate surface area is 313 Å². The summed E-state index contributed by atoms with van der Waals surface area (Å²) in [6, 6.07) is 5.29. The fourth-order valence-corrected chi connectivity index (χ4v) is 6.48. The van der Waals surface area contributed by atoms with Crippen LogP contribution in [0.2, 0.25) is 0 Å². The first-order valence-corrected chi connectivity index (χ1v) is 20.9. The summed E-state index contributed by atoms with van der Waals surface area (Å²) in [6.07, 6.45) is 18.9. The quantitative estimate of drug-likeness (QED) is 0.0273. The Morgan fingerprint density at radius 3 is 2.04 bits per heavy atom. The molecule has 0 saturated heterocycles. The molecule has 0 saturated carbocycles. The van der Waals surface area contributed by atoms with Crippen LogP contribution in [0.4, 0.5) is 4.79 Å². The molecule has 2 unspecified atom stereocenters. The van der Waals surface area contributed by atoms with Gasteiger partial charge >= 0.3 is 12.1 Å². The monoisotopic (exact) mass is 753 g/mol. The maximum atomic E-state index is 13.0. The summed E-state index contributed by atoms with van der Waals surface area (Å²) in [4.78, 5) is 43.3. The van der Waals surface area contributed by atoms with Crippen molar-refractivity contribution in [1.82, 2.24) is 9.88 Å². The number of quaternary nitrogens is 1. The Bertz CT molecular complexity index is 1330. The molecule has 52 heavy (non-hydrogen) atoms. The molecule has 1 heterocycles. The van der Waals surface area contributed by atoms with E-state index in [-0.39, 0.29) is 13.0 Å². The van der Waals surface area contributed by atoms with Gasteiger partial charge < -0.3 is 42.5 Å². The zero-order chi connectivity index (χ0) is 38.2. The summed E-state index contributed by atoms with van der Waals surface area (Å²) < 4.78 is 39.4. The summed E-state index contributed by atoms with van der Waals surface area (Å²) >= 11 is 0. The van der Waals surface area contributed by atoms with Gasteiger partial charge in [-0.15, -0.1) is 0 Å². The van der Waals surface area contributed by atoms with Gasteiger partial charge in [-0.3, -0.25) is 9.36 Å². The van der Waals surface area contributed by atoms with E-state index in [2.05, 4.69) is 16.8 Å². The molecule has 0 aliphatic rings. The molecule has 13 heteroatoms. The number of carbonyl (C=O) groups is 2. The highest BCUT2D eigenvalue weighted by molar-refractivity contribution is 7.45. The van der Waals surface area contributed by atoms with Gasteiger partial charge in [0.05, 0.1) is 27.7 Å². The van der Waals surface area contributed by atoms with Crippen LogP contribution in [0.15, 0.2) is 24.4 Å². The molecular formula is C39H68N3O9P. The second-order valence-corrected chi connectivity index (χ2v) is 16.5. The molecule has 0 radical (unpaired) electrons. The standard InChI is InChI=1S/C39H68N3O9P/c1-7-8-9-10-11-12-13-14-15-16-17-18-19-20-21-25-37(43)47-31-34(32-49-52(45,46)48-29-28-42(4,5)6)50-39(44)51-36-24-22-23-35-38(36)33(30-40-35)26-27-41(2)3/h22-24,30,34,40H,7-21,25-29,31-32H2,1-6H3. The van der Waals surface area contributed by atoms with Crippen molar-refractivity contribution in [2.24, 2.45) is 0 Å². The first-order valence-electron chi connectivity index (χ1n) is 19.5. The second-order valence-electron chi connectivity index (χ2n) is 15.1. The third-order valence-corrected chi connectivity index (χ3v) is 9.84. The lowest BCUT2D eigenvalue weighted by Gasteiger charge is -2.28. The number of phosphoric ester groups is 1. The predicted octanol–water partition coefficient (Wildman–Crippen LogP) is 8.17. The maximum Gasteiger partial charge on any atom is 0.514 e. The predicted molar refractivity (Wildman–Crippen MR) is 204 cm³/mol. The van der Waals surface area contributed by atoms with Gasteiger partial charge in [0.15, 0.2) is 6.10 Å². The highest BCUT2D eigenvalue weighted by Crippen LogP contribution is 2.38. The van der Waals surface area contributed by atoms with Gasteiger partial charge in [0.25, 0.3) is 7.82 Å². The zero-order valence-electron chi connectivity index (χ0n) is 33.0. The lowest BCUT2D eigenvalue weighted by molar-refractivity contribution is -0.870. The van der Waals surface area contributed by atoms with Gasteiger partial charge in [-0.05, 0) is 44.6 Å². The molecule has 0 amide bonds. The first kappa shape index (κ1) is 45.7. The van der Waals surface area contributed by atoms with Crippen LogP contribution in [0.5, 0.6) is 5.75 Å². The van der Waals surface area contributed by atoms with E-state index in [9.17, 15) is 19.0 Å². The van der Waals surface area contributed by atoms with E-state index in [1.165, 1.54) is 70.6 Å². The number of aromatic amines is 1. The molecule has 0 fully saturated rings. The lowest BCUT2D eigenvalue weighted by Crippen LogP contribution is -2.37. The Balaban J connectivity index is 1.82. The van der Waals surface area contributed by atoms with Crippen LogP contribution in [-0.2, 0) is 34.3 Å². The molecule has 0 aliphatic heterocycles. The smallest absolute Gasteiger partial charge is 0.514 e. The fraction of sp³-hybridized carbons (Fsp3) is 0.744. The number of H-pyrrole nitrogens is 1. The van der Waals surface area contributed by atoms with Crippen LogP contribution in [0.1, 0.15) is 115 Å². The number of benzene rings is 1. The number of nitrogens with one attached hydrogen (secondary N) is 1. The molecule has 0 spiro atoms. The average Bonchev–Trinajstić information content (AvgIpc) is 3.50. The van der Waals surface area contributed by atoms with E-state index >= 15 is 0 Å². The topological polar surface area (TPSA) is 139 Å². The van der Waals surface area contributed by atoms with Crippen LogP contribution in [0.3, 0.4) is 0 Å². The van der Waals surface area contributed by atoms with E-state index in [0.717, 1.165) is 48.7 Å². The van der Waals surface area contributed by atoms with Crippen LogP contribution < -0.4 is 9.63 Å². The molecule has 2 atom stereocenters. The van der Waals surface area contributed by atoms with Crippen molar-refractivity contribution in [3.05, 3.63) is 30.0 Å². The highest BCUT2D eigenvalue weighted by atomic mass is 31.2. The number of phosphoric acid groups is 1. The summed E-state index contributed by atoms with van der Waals surface area (Å²) in [5.74, 6) is -0.163. The fourth-order valence-electron chi connectivity index (χ4n) is 5.75. The van der Waals surface area contributed by atoms with Crippen molar-refractivity contribution in [2.75, 3.05) is 68.1 Å². The lowest BCUT2D eigenvalue weighted by atomic mass is 10.0. The number of rotatable bonds is 30. The van der Waals surface area contributed by atoms with E-state index in [1.807, 2.05) is 47.5 Å². The minimum atomic E-state index is -4.72. The molecule has 1 N–H and O–H groups in total. The molecular weight excluding hydrogens is 685 g/mol. The number of esters is 1. The SMILES string of the molecule is CCCCCCCCCCCCCCCCCC(=O)OCC(COP(=O)([O-])OCC[N+](C)(C)C)OC(=O)Oc1cccc2[nH]cc(CCN(C)C)c12. The van der Waals surface area contributed by atoms with Gasteiger partial charge in [0, 0.05) is 30.1 Å². The van der Waals surface area contributed by atoms with Gasteiger partial charge in [0.2, 0.25) is 0 Å².